The zero-order valence-corrected chi connectivity index (χ0v) is 20.5. The van der Waals surface area contributed by atoms with E-state index in [1.54, 1.807) is 30.3 Å². The van der Waals surface area contributed by atoms with E-state index in [-0.39, 0.29) is 23.3 Å². The van der Waals surface area contributed by atoms with Crippen molar-refractivity contribution in [3.63, 3.8) is 0 Å². The Morgan fingerprint density at radius 3 is 1.94 bits per heavy atom. The summed E-state index contributed by atoms with van der Waals surface area (Å²) in [5.41, 5.74) is 5.58. The Morgan fingerprint density at radius 2 is 1.35 bits per heavy atom. The van der Waals surface area contributed by atoms with Crippen LogP contribution in [0, 0.1) is 20.8 Å². The van der Waals surface area contributed by atoms with Crippen LogP contribution < -0.4 is 0 Å². The van der Waals surface area contributed by atoms with E-state index in [0.29, 0.717) is 12.0 Å². The van der Waals surface area contributed by atoms with E-state index in [1.165, 1.54) is 10.4 Å². The van der Waals surface area contributed by atoms with Gasteiger partial charge in [-0.05, 0) is 56.5 Å². The lowest BCUT2D eigenvalue weighted by molar-refractivity contribution is -0.111. The van der Waals surface area contributed by atoms with Gasteiger partial charge in [0, 0.05) is 12.1 Å². The van der Waals surface area contributed by atoms with Gasteiger partial charge in [0.05, 0.1) is 10.9 Å². The zero-order chi connectivity index (χ0) is 24.3. The molecular formula is C29H29NO3S. The van der Waals surface area contributed by atoms with Crippen LogP contribution in [0.15, 0.2) is 95.4 Å². The van der Waals surface area contributed by atoms with Gasteiger partial charge in [-0.25, -0.2) is 8.42 Å². The van der Waals surface area contributed by atoms with Gasteiger partial charge in [-0.3, -0.25) is 4.79 Å². The first-order chi connectivity index (χ1) is 16.2. The lowest BCUT2D eigenvalue weighted by Crippen LogP contribution is -2.39. The smallest absolute Gasteiger partial charge is 0.243 e. The van der Waals surface area contributed by atoms with Gasteiger partial charge in [0.25, 0.3) is 0 Å². The summed E-state index contributed by atoms with van der Waals surface area (Å²) in [6.07, 6.45) is 5.62. The highest BCUT2D eigenvalue weighted by molar-refractivity contribution is 7.89. The summed E-state index contributed by atoms with van der Waals surface area (Å²) in [5, 5.41) is 0. The van der Waals surface area contributed by atoms with Crippen LogP contribution in [0.2, 0.25) is 0 Å². The van der Waals surface area contributed by atoms with Gasteiger partial charge < -0.3 is 0 Å². The largest absolute Gasteiger partial charge is 0.290 e. The van der Waals surface area contributed by atoms with E-state index in [9.17, 15) is 13.2 Å². The fraction of sp³-hybridized carbons (Fsp3) is 0.207. The molecule has 0 N–H and O–H groups in total. The molecule has 0 bridgehead atoms. The number of aryl methyl sites for hydroxylation is 3. The number of allylic oxidation sites excluding steroid dienone is 1. The minimum absolute atomic E-state index is 0.0336. The molecule has 0 fully saturated rings. The van der Waals surface area contributed by atoms with E-state index in [2.05, 4.69) is 0 Å². The maximum Gasteiger partial charge on any atom is 0.243 e. The van der Waals surface area contributed by atoms with Gasteiger partial charge in [-0.2, -0.15) is 4.31 Å². The number of hydrogen-bond donors (Lipinski definition) is 0. The number of ketones is 1. The number of hydrogen-bond acceptors (Lipinski definition) is 3. The Bertz CT molecular complexity index is 1330. The van der Waals surface area contributed by atoms with E-state index in [1.807, 2.05) is 75.4 Å². The molecule has 1 unspecified atom stereocenters. The third-order valence-corrected chi connectivity index (χ3v) is 8.04. The molecule has 0 amide bonds. The van der Waals surface area contributed by atoms with Gasteiger partial charge in [0.1, 0.15) is 0 Å². The standard InChI is InChI=1S/C29H29NO3S/c1-21-4-10-24(11-5-21)12-19-29(31)26-15-18-28(25-13-6-22(2)7-14-25)30(20-26)34(32,33)27-16-8-23(3)9-17-27/h4-17,19,28H,18,20H2,1-3H3/b19-12+. The fourth-order valence-electron chi connectivity index (χ4n) is 4.04. The molecule has 0 saturated heterocycles. The third-order valence-electron chi connectivity index (χ3n) is 6.17. The molecule has 3 aromatic carbocycles. The van der Waals surface area contributed by atoms with Crippen LogP contribution in [0.25, 0.3) is 6.08 Å². The van der Waals surface area contributed by atoms with Crippen molar-refractivity contribution >= 4 is 21.9 Å². The fourth-order valence-corrected chi connectivity index (χ4v) is 5.64. The predicted molar refractivity (Wildman–Crippen MR) is 137 cm³/mol. The molecule has 4 rings (SSSR count). The number of benzene rings is 3. The summed E-state index contributed by atoms with van der Waals surface area (Å²) in [7, 11) is -3.81. The molecule has 1 aliphatic heterocycles. The second-order valence-electron chi connectivity index (χ2n) is 8.86. The molecule has 0 radical (unpaired) electrons. The number of carbonyl (C=O) groups is 1. The summed E-state index contributed by atoms with van der Waals surface area (Å²) >= 11 is 0. The Balaban J connectivity index is 1.66. The highest BCUT2D eigenvalue weighted by Gasteiger charge is 2.36. The Kier molecular flexibility index (Phi) is 6.96. The topological polar surface area (TPSA) is 54.5 Å². The van der Waals surface area contributed by atoms with Gasteiger partial charge in [0.15, 0.2) is 5.78 Å². The van der Waals surface area contributed by atoms with Gasteiger partial charge in [-0.15, -0.1) is 0 Å². The van der Waals surface area contributed by atoms with Crippen molar-refractivity contribution in [2.75, 3.05) is 6.54 Å². The third kappa shape index (κ3) is 5.27. The van der Waals surface area contributed by atoms with Crippen LogP contribution in [0.3, 0.4) is 0 Å². The molecule has 1 atom stereocenters. The molecule has 1 aliphatic rings. The molecular weight excluding hydrogens is 442 g/mol. The van der Waals surface area contributed by atoms with Crippen molar-refractivity contribution in [2.24, 2.45) is 0 Å². The van der Waals surface area contributed by atoms with Gasteiger partial charge in [0.2, 0.25) is 10.0 Å². The van der Waals surface area contributed by atoms with E-state index in [0.717, 1.165) is 27.8 Å². The molecule has 3 aromatic rings. The average Bonchev–Trinajstić information content (AvgIpc) is 2.84. The second-order valence-corrected chi connectivity index (χ2v) is 10.8. The highest BCUT2D eigenvalue weighted by atomic mass is 32.2. The van der Waals surface area contributed by atoms with Crippen LogP contribution in [-0.4, -0.2) is 25.1 Å². The minimum Gasteiger partial charge on any atom is -0.290 e. The summed E-state index contributed by atoms with van der Waals surface area (Å²) in [5.74, 6) is -0.174. The van der Waals surface area contributed by atoms with Crippen LogP contribution in [0.5, 0.6) is 0 Å². The molecule has 174 valence electrons. The van der Waals surface area contributed by atoms with E-state index >= 15 is 0 Å². The predicted octanol–water partition coefficient (Wildman–Crippen LogP) is 5.96. The van der Waals surface area contributed by atoms with E-state index in [4.69, 9.17) is 0 Å². The lowest BCUT2D eigenvalue weighted by atomic mass is 9.96. The SMILES string of the molecule is Cc1ccc(/C=C/C(=O)C2=CCC(c3ccc(C)cc3)N(S(=O)(=O)c3ccc(C)cc3)C2)cc1. The molecule has 0 aromatic heterocycles. The van der Waals surface area contributed by atoms with Crippen molar-refractivity contribution in [1.29, 1.82) is 0 Å². The quantitative estimate of drug-likeness (QED) is 0.417. The molecule has 5 heteroatoms. The summed E-state index contributed by atoms with van der Waals surface area (Å²) < 4.78 is 28.9. The van der Waals surface area contributed by atoms with Crippen molar-refractivity contribution in [3.8, 4) is 0 Å². The maximum absolute atomic E-state index is 13.7. The van der Waals surface area contributed by atoms with Crippen LogP contribution in [0.1, 0.15) is 40.3 Å². The number of nitrogens with zero attached hydrogens (tertiary/aromatic N) is 1. The Morgan fingerprint density at radius 1 is 0.824 bits per heavy atom. The average molecular weight is 472 g/mol. The minimum atomic E-state index is -3.81. The molecule has 4 nitrogen and oxygen atoms in total. The van der Waals surface area contributed by atoms with Crippen LogP contribution in [0.4, 0.5) is 0 Å². The Hall–Kier alpha value is -3.28. The van der Waals surface area contributed by atoms with E-state index < -0.39 is 10.0 Å². The second kappa shape index (κ2) is 9.92. The van der Waals surface area contributed by atoms with Gasteiger partial charge >= 0.3 is 0 Å². The van der Waals surface area contributed by atoms with Crippen LogP contribution >= 0.6 is 0 Å². The Labute approximate surface area is 202 Å². The lowest BCUT2D eigenvalue weighted by Gasteiger charge is -2.34. The summed E-state index contributed by atoms with van der Waals surface area (Å²) in [6, 6.07) is 22.3. The first kappa shape index (κ1) is 23.9. The van der Waals surface area contributed by atoms with Crippen molar-refractivity contribution < 1.29 is 13.2 Å². The molecule has 0 spiro atoms. The van der Waals surface area contributed by atoms with Crippen LogP contribution in [-0.2, 0) is 14.8 Å². The first-order valence-corrected chi connectivity index (χ1v) is 12.8. The zero-order valence-electron chi connectivity index (χ0n) is 19.7. The summed E-state index contributed by atoms with van der Waals surface area (Å²) in [4.78, 5) is 13.2. The summed E-state index contributed by atoms with van der Waals surface area (Å²) in [6.45, 7) is 5.97. The molecule has 34 heavy (non-hydrogen) atoms. The maximum atomic E-state index is 13.7. The van der Waals surface area contributed by atoms with Crippen molar-refractivity contribution in [2.45, 2.75) is 38.1 Å². The molecule has 1 heterocycles. The first-order valence-electron chi connectivity index (χ1n) is 11.4. The molecule has 0 aliphatic carbocycles. The number of sulfonamides is 1. The normalized spacial score (nSPS) is 17.0. The number of carbonyl (C=O) groups excluding carboxylic acids is 1. The monoisotopic (exact) mass is 471 g/mol. The number of rotatable bonds is 6. The highest BCUT2D eigenvalue weighted by Crippen LogP contribution is 2.35. The van der Waals surface area contributed by atoms with Crippen molar-refractivity contribution in [1.82, 2.24) is 4.31 Å². The van der Waals surface area contributed by atoms with Gasteiger partial charge in [-0.1, -0.05) is 89.5 Å². The molecule has 0 saturated carbocycles. The van der Waals surface area contributed by atoms with Crippen molar-refractivity contribution in [3.05, 3.63) is 118 Å².